The average molecular weight is 405 g/mol. The van der Waals surface area contributed by atoms with Crippen LogP contribution in [0.2, 0.25) is 0 Å². The van der Waals surface area contributed by atoms with Crippen LogP contribution in [0, 0.1) is 0 Å². The Kier molecular flexibility index (Phi) is 5.30. The van der Waals surface area contributed by atoms with Crippen LogP contribution in [0.5, 0.6) is 0 Å². The van der Waals surface area contributed by atoms with E-state index in [9.17, 15) is 18.0 Å². The molecule has 1 atom stereocenters. The number of hydrogen-bond acceptors (Lipinski definition) is 5. The van der Waals surface area contributed by atoms with Crippen molar-refractivity contribution in [3.05, 3.63) is 48.0 Å². The maximum absolute atomic E-state index is 12.8. The van der Waals surface area contributed by atoms with Gasteiger partial charge in [-0.1, -0.05) is 19.1 Å². The van der Waals surface area contributed by atoms with Crippen LogP contribution in [0.15, 0.2) is 52.3 Å². The third kappa shape index (κ3) is 4.17. The van der Waals surface area contributed by atoms with E-state index in [1.165, 1.54) is 32.0 Å². The van der Waals surface area contributed by atoms with Crippen LogP contribution in [-0.2, 0) is 14.8 Å². The minimum atomic E-state index is -3.86. The molecule has 0 saturated carbocycles. The molecular weight excluding hydrogens is 384 g/mol. The molecule has 0 radical (unpaired) electrons. The molecule has 0 saturated heterocycles. The Hall–Kier alpha value is -2.32. The standard InChI is InChI=1S/C19H20N2O4S2/c1-12-11-21(14(3)23)18-10-17(7-8-19(18)26-12)27(24,25)20-16-6-4-5-15(9-16)13(2)22/h4-10,12,20H,11H2,1-3H3/t12-/m0/s1. The van der Waals surface area contributed by atoms with Crippen LogP contribution in [0.3, 0.4) is 0 Å². The van der Waals surface area contributed by atoms with Gasteiger partial charge in [-0.05, 0) is 37.3 Å². The predicted molar refractivity (Wildman–Crippen MR) is 107 cm³/mol. The topological polar surface area (TPSA) is 83.6 Å². The van der Waals surface area contributed by atoms with Gasteiger partial charge in [0.05, 0.1) is 10.6 Å². The first-order valence-corrected chi connectivity index (χ1v) is 10.8. The van der Waals surface area contributed by atoms with E-state index in [1.807, 2.05) is 6.92 Å². The maximum Gasteiger partial charge on any atom is 0.261 e. The number of fused-ring (bicyclic) bond motifs is 1. The lowest BCUT2D eigenvalue weighted by atomic mass is 10.1. The van der Waals surface area contributed by atoms with E-state index in [2.05, 4.69) is 4.72 Å². The number of anilines is 2. The molecule has 1 N–H and O–H groups in total. The molecule has 6 nitrogen and oxygen atoms in total. The lowest BCUT2D eigenvalue weighted by molar-refractivity contribution is -0.116. The van der Waals surface area contributed by atoms with Crippen molar-refractivity contribution in [1.82, 2.24) is 0 Å². The van der Waals surface area contributed by atoms with Gasteiger partial charge in [0.2, 0.25) is 5.91 Å². The highest BCUT2D eigenvalue weighted by Gasteiger charge is 2.27. The van der Waals surface area contributed by atoms with Gasteiger partial charge in [0, 0.05) is 34.9 Å². The number of carbonyl (C=O) groups excluding carboxylic acids is 2. The first-order valence-electron chi connectivity index (χ1n) is 8.40. The highest BCUT2D eigenvalue weighted by molar-refractivity contribution is 8.00. The normalized spacial score (nSPS) is 16.6. The first kappa shape index (κ1) is 19.4. The molecule has 0 aliphatic carbocycles. The van der Waals surface area contributed by atoms with E-state index >= 15 is 0 Å². The van der Waals surface area contributed by atoms with Crippen LogP contribution >= 0.6 is 11.8 Å². The van der Waals surface area contributed by atoms with Crippen molar-refractivity contribution in [1.29, 1.82) is 0 Å². The number of ketones is 1. The van der Waals surface area contributed by atoms with Gasteiger partial charge in [-0.15, -0.1) is 11.8 Å². The van der Waals surface area contributed by atoms with Crippen molar-refractivity contribution in [3.8, 4) is 0 Å². The van der Waals surface area contributed by atoms with Crippen molar-refractivity contribution in [2.75, 3.05) is 16.2 Å². The number of sulfonamides is 1. The van der Waals surface area contributed by atoms with Gasteiger partial charge in [-0.25, -0.2) is 8.42 Å². The molecule has 2 aromatic rings. The van der Waals surface area contributed by atoms with Crippen molar-refractivity contribution >= 4 is 44.9 Å². The number of rotatable bonds is 4. The van der Waals surface area contributed by atoms with E-state index in [1.54, 1.807) is 40.9 Å². The molecule has 0 bridgehead atoms. The van der Waals surface area contributed by atoms with Crippen molar-refractivity contribution in [2.45, 2.75) is 35.8 Å². The lowest BCUT2D eigenvalue weighted by Gasteiger charge is -2.32. The van der Waals surface area contributed by atoms with E-state index in [-0.39, 0.29) is 21.8 Å². The predicted octanol–water partition coefficient (Wildman–Crippen LogP) is 3.54. The van der Waals surface area contributed by atoms with Crippen LogP contribution in [0.1, 0.15) is 31.1 Å². The molecule has 0 aromatic heterocycles. The molecule has 3 rings (SSSR count). The van der Waals surface area contributed by atoms with E-state index in [4.69, 9.17) is 0 Å². The molecule has 1 heterocycles. The fourth-order valence-electron chi connectivity index (χ4n) is 2.90. The van der Waals surface area contributed by atoms with Gasteiger partial charge in [0.25, 0.3) is 10.0 Å². The smallest absolute Gasteiger partial charge is 0.261 e. The number of nitrogens with one attached hydrogen (secondary N) is 1. The fraction of sp³-hybridized carbons (Fsp3) is 0.263. The second-order valence-electron chi connectivity index (χ2n) is 6.43. The van der Waals surface area contributed by atoms with Gasteiger partial charge in [0.15, 0.2) is 5.78 Å². The zero-order valence-electron chi connectivity index (χ0n) is 15.2. The minimum absolute atomic E-state index is 0.0656. The molecular formula is C19H20N2O4S2. The minimum Gasteiger partial charge on any atom is -0.310 e. The Morgan fingerprint density at radius 1 is 1.15 bits per heavy atom. The Morgan fingerprint density at radius 2 is 1.89 bits per heavy atom. The van der Waals surface area contributed by atoms with Crippen molar-refractivity contribution in [2.24, 2.45) is 0 Å². The summed E-state index contributed by atoms with van der Waals surface area (Å²) in [5.41, 5.74) is 1.34. The molecule has 0 fully saturated rings. The molecule has 2 aromatic carbocycles. The third-order valence-corrected chi connectivity index (χ3v) is 6.73. The number of benzene rings is 2. The lowest BCUT2D eigenvalue weighted by Crippen LogP contribution is -2.37. The van der Waals surface area contributed by atoms with E-state index in [0.29, 0.717) is 23.5 Å². The van der Waals surface area contributed by atoms with Gasteiger partial charge >= 0.3 is 0 Å². The first-order chi connectivity index (χ1) is 12.7. The summed E-state index contributed by atoms with van der Waals surface area (Å²) >= 11 is 1.61. The van der Waals surface area contributed by atoms with Crippen LogP contribution < -0.4 is 9.62 Å². The number of hydrogen-bond donors (Lipinski definition) is 1. The number of nitrogens with zero attached hydrogens (tertiary/aromatic N) is 1. The Morgan fingerprint density at radius 3 is 2.56 bits per heavy atom. The summed E-state index contributed by atoms with van der Waals surface area (Å²) < 4.78 is 28.1. The summed E-state index contributed by atoms with van der Waals surface area (Å²) in [6.45, 7) is 5.45. The summed E-state index contributed by atoms with van der Waals surface area (Å²) in [4.78, 5) is 26.0. The van der Waals surface area contributed by atoms with E-state index < -0.39 is 10.0 Å². The molecule has 8 heteroatoms. The summed E-state index contributed by atoms with van der Waals surface area (Å²) in [5, 5.41) is 0.233. The zero-order chi connectivity index (χ0) is 19.8. The molecule has 142 valence electrons. The fourth-order valence-corrected chi connectivity index (χ4v) is 5.06. The van der Waals surface area contributed by atoms with Crippen molar-refractivity contribution in [3.63, 3.8) is 0 Å². The SMILES string of the molecule is CC(=O)c1cccc(NS(=O)(=O)c2ccc3c(c2)N(C(C)=O)C[C@H](C)S3)c1. The highest BCUT2D eigenvalue weighted by Crippen LogP contribution is 2.39. The molecule has 1 amide bonds. The third-order valence-electron chi connectivity index (χ3n) is 4.20. The Bertz CT molecular complexity index is 1020. The van der Waals surface area contributed by atoms with Gasteiger partial charge in [0.1, 0.15) is 0 Å². The second-order valence-corrected chi connectivity index (χ2v) is 9.59. The van der Waals surface area contributed by atoms with Gasteiger partial charge in [-0.3, -0.25) is 14.3 Å². The zero-order valence-corrected chi connectivity index (χ0v) is 16.9. The number of Topliss-reactive ketones (excluding diaryl/α,β-unsaturated/α-hetero) is 1. The molecule has 1 aliphatic heterocycles. The van der Waals surface area contributed by atoms with Gasteiger partial charge in [-0.2, -0.15) is 0 Å². The quantitative estimate of drug-likeness (QED) is 0.788. The molecule has 27 heavy (non-hydrogen) atoms. The molecule has 1 aliphatic rings. The average Bonchev–Trinajstić information content (AvgIpc) is 2.60. The number of carbonyl (C=O) groups is 2. The monoisotopic (exact) mass is 404 g/mol. The highest BCUT2D eigenvalue weighted by atomic mass is 32.2. The van der Waals surface area contributed by atoms with Crippen molar-refractivity contribution < 1.29 is 18.0 Å². The maximum atomic E-state index is 12.8. The summed E-state index contributed by atoms with van der Waals surface area (Å²) in [6.07, 6.45) is 0. The Labute approximate surface area is 163 Å². The number of amides is 1. The summed E-state index contributed by atoms with van der Waals surface area (Å²) in [7, 11) is -3.86. The second kappa shape index (κ2) is 7.36. The van der Waals surface area contributed by atoms with Gasteiger partial charge < -0.3 is 4.90 Å². The largest absolute Gasteiger partial charge is 0.310 e. The Balaban J connectivity index is 1.96. The summed E-state index contributed by atoms with van der Waals surface area (Å²) in [6, 6.07) is 11.1. The van der Waals surface area contributed by atoms with Crippen LogP contribution in [0.25, 0.3) is 0 Å². The summed E-state index contributed by atoms with van der Waals surface area (Å²) in [5.74, 6) is -0.270. The molecule has 0 unspecified atom stereocenters. The molecule has 0 spiro atoms. The van der Waals surface area contributed by atoms with E-state index in [0.717, 1.165) is 4.90 Å². The number of thioether (sulfide) groups is 1. The van der Waals surface area contributed by atoms with Crippen LogP contribution in [0.4, 0.5) is 11.4 Å². The van der Waals surface area contributed by atoms with Crippen LogP contribution in [-0.4, -0.2) is 31.9 Å².